The summed E-state index contributed by atoms with van der Waals surface area (Å²) in [6.45, 7) is 1.85. The number of carbonyl (C=O) groups excluding carboxylic acids is 2. The van der Waals surface area contributed by atoms with Gasteiger partial charge in [-0.25, -0.2) is 4.79 Å². The lowest BCUT2D eigenvalue weighted by Crippen LogP contribution is -2.44. The molecule has 0 aliphatic carbocycles. The number of carbonyl (C=O) groups is 2. The fraction of sp³-hybridized carbons (Fsp3) is 0.273. The Labute approximate surface area is 169 Å². The summed E-state index contributed by atoms with van der Waals surface area (Å²) in [5.41, 5.74) is 1.25. The molecule has 0 radical (unpaired) electrons. The van der Waals surface area contributed by atoms with Crippen molar-refractivity contribution < 1.29 is 28.9 Å². The van der Waals surface area contributed by atoms with E-state index in [9.17, 15) is 14.7 Å². The SMILES string of the molecule is COc1cc(/C=C/C(=O)O[C@@H](C(=O)N2CCOCC2)c2ccccc2)ccc1O. The van der Waals surface area contributed by atoms with Gasteiger partial charge in [-0.3, -0.25) is 4.79 Å². The van der Waals surface area contributed by atoms with E-state index < -0.39 is 12.1 Å². The minimum absolute atomic E-state index is 0.00692. The zero-order valence-electron chi connectivity index (χ0n) is 16.1. The molecule has 0 saturated carbocycles. The Kier molecular flexibility index (Phi) is 6.86. The smallest absolute Gasteiger partial charge is 0.331 e. The largest absolute Gasteiger partial charge is 0.504 e. The van der Waals surface area contributed by atoms with Gasteiger partial charge in [-0.2, -0.15) is 0 Å². The van der Waals surface area contributed by atoms with E-state index in [4.69, 9.17) is 14.2 Å². The van der Waals surface area contributed by atoms with Crippen molar-refractivity contribution in [2.75, 3.05) is 33.4 Å². The lowest BCUT2D eigenvalue weighted by atomic mass is 10.1. The van der Waals surface area contributed by atoms with Crippen molar-refractivity contribution in [2.24, 2.45) is 0 Å². The van der Waals surface area contributed by atoms with Gasteiger partial charge < -0.3 is 24.2 Å². The third-order valence-electron chi connectivity index (χ3n) is 4.50. The Balaban J connectivity index is 1.74. The standard InChI is InChI=1S/C22H23NO6/c1-27-19-15-16(7-9-18(19)24)8-10-20(25)29-21(17-5-3-2-4-6-17)22(26)23-11-13-28-14-12-23/h2-10,15,21,24H,11-14H2,1H3/b10-8+/t21-/m1/s1. The number of ether oxygens (including phenoxy) is 3. The van der Waals surface area contributed by atoms with Crippen molar-refractivity contribution in [2.45, 2.75) is 6.10 Å². The quantitative estimate of drug-likeness (QED) is 0.596. The van der Waals surface area contributed by atoms with Crippen LogP contribution >= 0.6 is 0 Å². The monoisotopic (exact) mass is 397 g/mol. The maximum atomic E-state index is 13.0. The summed E-state index contributed by atoms with van der Waals surface area (Å²) in [7, 11) is 1.44. The first-order valence-electron chi connectivity index (χ1n) is 9.25. The number of benzene rings is 2. The maximum Gasteiger partial charge on any atom is 0.331 e. The van der Waals surface area contributed by atoms with Crippen molar-refractivity contribution in [3.8, 4) is 11.5 Å². The molecule has 1 aliphatic heterocycles. The van der Waals surface area contributed by atoms with Crippen molar-refractivity contribution in [3.05, 3.63) is 65.7 Å². The number of esters is 1. The minimum Gasteiger partial charge on any atom is -0.504 e. The Hall–Kier alpha value is -3.32. The van der Waals surface area contributed by atoms with Crippen molar-refractivity contribution in [1.82, 2.24) is 4.90 Å². The number of nitrogens with zero attached hydrogens (tertiary/aromatic N) is 1. The number of rotatable bonds is 6. The van der Waals surface area contributed by atoms with Crippen molar-refractivity contribution >= 4 is 18.0 Å². The van der Waals surface area contributed by atoms with E-state index in [1.807, 2.05) is 6.07 Å². The predicted octanol–water partition coefficient (Wildman–Crippen LogP) is 2.56. The highest BCUT2D eigenvalue weighted by Gasteiger charge is 2.29. The zero-order valence-corrected chi connectivity index (χ0v) is 16.1. The van der Waals surface area contributed by atoms with Gasteiger partial charge in [-0.1, -0.05) is 36.4 Å². The van der Waals surface area contributed by atoms with Crippen LogP contribution in [0.2, 0.25) is 0 Å². The summed E-state index contributed by atoms with van der Waals surface area (Å²) in [6, 6.07) is 13.6. The third-order valence-corrected chi connectivity index (χ3v) is 4.50. The molecule has 0 spiro atoms. The number of morpholine rings is 1. The Morgan fingerprint density at radius 1 is 1.14 bits per heavy atom. The average molecular weight is 397 g/mol. The summed E-state index contributed by atoms with van der Waals surface area (Å²) >= 11 is 0. The molecule has 152 valence electrons. The summed E-state index contributed by atoms with van der Waals surface area (Å²) in [4.78, 5) is 27.0. The van der Waals surface area contributed by atoms with Gasteiger partial charge in [-0.15, -0.1) is 0 Å². The zero-order chi connectivity index (χ0) is 20.6. The molecule has 7 nitrogen and oxygen atoms in total. The fourth-order valence-corrected chi connectivity index (χ4v) is 2.96. The number of phenolic OH excluding ortho intramolecular Hbond substituents is 1. The van der Waals surface area contributed by atoms with Crippen molar-refractivity contribution in [3.63, 3.8) is 0 Å². The molecular weight excluding hydrogens is 374 g/mol. The van der Waals surface area contributed by atoms with Crippen LogP contribution in [0.4, 0.5) is 0 Å². The van der Waals surface area contributed by atoms with E-state index in [2.05, 4.69) is 0 Å². The molecule has 1 fully saturated rings. The number of hydrogen-bond acceptors (Lipinski definition) is 6. The molecule has 7 heteroatoms. The second-order valence-electron chi connectivity index (χ2n) is 6.43. The van der Waals surface area contributed by atoms with Gasteiger partial charge in [0, 0.05) is 24.7 Å². The second kappa shape index (κ2) is 9.75. The highest BCUT2D eigenvalue weighted by Crippen LogP contribution is 2.27. The van der Waals surface area contributed by atoms with Gasteiger partial charge in [0.2, 0.25) is 6.10 Å². The van der Waals surface area contributed by atoms with Crippen LogP contribution in [0, 0.1) is 0 Å². The van der Waals surface area contributed by atoms with E-state index in [0.717, 1.165) is 0 Å². The molecule has 0 unspecified atom stereocenters. The maximum absolute atomic E-state index is 13.0. The molecule has 1 N–H and O–H groups in total. The van der Waals surface area contributed by atoms with Crippen molar-refractivity contribution in [1.29, 1.82) is 0 Å². The van der Waals surface area contributed by atoms with Gasteiger partial charge in [0.15, 0.2) is 11.5 Å². The normalized spacial score (nSPS) is 15.1. The van der Waals surface area contributed by atoms with Crippen LogP contribution in [0.3, 0.4) is 0 Å². The predicted molar refractivity (Wildman–Crippen MR) is 106 cm³/mol. The van der Waals surface area contributed by atoms with E-state index >= 15 is 0 Å². The van der Waals surface area contributed by atoms with E-state index in [1.165, 1.54) is 25.3 Å². The van der Waals surface area contributed by atoms with Crippen LogP contribution in [0.1, 0.15) is 17.2 Å². The van der Waals surface area contributed by atoms with Gasteiger partial charge in [0.05, 0.1) is 20.3 Å². The van der Waals surface area contributed by atoms with E-state index in [-0.39, 0.29) is 11.7 Å². The Morgan fingerprint density at radius 3 is 2.55 bits per heavy atom. The first-order valence-corrected chi connectivity index (χ1v) is 9.25. The topological polar surface area (TPSA) is 85.3 Å². The van der Waals surface area contributed by atoms with Crippen LogP contribution in [0.25, 0.3) is 6.08 Å². The molecule has 3 rings (SSSR count). The van der Waals surface area contributed by atoms with Crippen LogP contribution in [0.15, 0.2) is 54.6 Å². The number of hydrogen-bond donors (Lipinski definition) is 1. The second-order valence-corrected chi connectivity index (χ2v) is 6.43. The molecule has 1 atom stereocenters. The molecule has 29 heavy (non-hydrogen) atoms. The lowest BCUT2D eigenvalue weighted by molar-refractivity contribution is -0.159. The molecule has 1 saturated heterocycles. The number of aromatic hydroxyl groups is 1. The first kappa shape index (κ1) is 20.4. The molecule has 1 heterocycles. The van der Waals surface area contributed by atoms with Crippen LogP contribution in [-0.2, 0) is 19.1 Å². The van der Waals surface area contributed by atoms with Crippen LogP contribution < -0.4 is 4.74 Å². The highest BCUT2D eigenvalue weighted by molar-refractivity contribution is 5.91. The summed E-state index contributed by atoms with van der Waals surface area (Å²) in [5, 5.41) is 9.65. The molecule has 0 aromatic heterocycles. The minimum atomic E-state index is -1.03. The molecule has 2 aromatic carbocycles. The highest BCUT2D eigenvalue weighted by atomic mass is 16.5. The Bertz CT molecular complexity index is 874. The van der Waals surface area contributed by atoms with Crippen LogP contribution in [0.5, 0.6) is 11.5 Å². The summed E-state index contributed by atoms with van der Waals surface area (Å²) in [5.74, 6) is -0.613. The van der Waals surface area contributed by atoms with Gasteiger partial charge in [0.1, 0.15) is 0 Å². The summed E-state index contributed by atoms with van der Waals surface area (Å²) < 4.78 is 15.9. The number of phenols is 1. The van der Waals surface area contributed by atoms with Gasteiger partial charge in [0.25, 0.3) is 5.91 Å². The third kappa shape index (κ3) is 5.36. The molecule has 1 aliphatic rings. The molecule has 0 bridgehead atoms. The molecule has 1 amide bonds. The molecular formula is C22H23NO6. The fourth-order valence-electron chi connectivity index (χ4n) is 2.96. The average Bonchev–Trinajstić information content (AvgIpc) is 2.77. The van der Waals surface area contributed by atoms with Gasteiger partial charge in [-0.05, 0) is 23.8 Å². The van der Waals surface area contributed by atoms with Crippen LogP contribution in [-0.4, -0.2) is 55.3 Å². The molecule has 2 aromatic rings. The van der Waals surface area contributed by atoms with E-state index in [1.54, 1.807) is 41.3 Å². The Morgan fingerprint density at radius 2 is 1.86 bits per heavy atom. The summed E-state index contributed by atoms with van der Waals surface area (Å²) in [6.07, 6.45) is 1.75. The number of amides is 1. The van der Waals surface area contributed by atoms with E-state index in [0.29, 0.717) is 43.2 Å². The lowest BCUT2D eigenvalue weighted by Gasteiger charge is -2.30. The number of methoxy groups -OCH3 is 1. The first-order chi connectivity index (χ1) is 14.1. The van der Waals surface area contributed by atoms with Gasteiger partial charge >= 0.3 is 5.97 Å².